The molecular weight excluding hydrogens is 352 g/mol. The van der Waals surface area contributed by atoms with E-state index in [0.717, 1.165) is 17.4 Å². The van der Waals surface area contributed by atoms with E-state index in [1.807, 2.05) is 87.5 Å². The number of benzene rings is 2. The lowest BCUT2D eigenvalue weighted by Crippen LogP contribution is -2.35. The van der Waals surface area contributed by atoms with Crippen LogP contribution in [0.2, 0.25) is 0 Å². The maximum atomic E-state index is 12.7. The predicted octanol–water partition coefficient (Wildman–Crippen LogP) is 4.77. The molecule has 0 saturated carbocycles. The fraction of sp³-hybridized carbons (Fsp3) is 0.333. The first-order chi connectivity index (χ1) is 13.4. The van der Waals surface area contributed by atoms with Gasteiger partial charge in [0.2, 0.25) is 5.76 Å². The molecule has 4 nitrogen and oxygen atoms in total. The van der Waals surface area contributed by atoms with Crippen molar-refractivity contribution in [1.29, 1.82) is 0 Å². The molecule has 28 heavy (non-hydrogen) atoms. The molecular formula is C24H26O4. The van der Waals surface area contributed by atoms with Gasteiger partial charge < -0.3 is 14.3 Å². The van der Waals surface area contributed by atoms with Crippen LogP contribution in [0, 0.1) is 0 Å². The van der Waals surface area contributed by atoms with Crippen LogP contribution >= 0.6 is 0 Å². The number of rotatable bonds is 5. The molecule has 2 aromatic carbocycles. The van der Waals surface area contributed by atoms with E-state index in [1.54, 1.807) is 0 Å². The highest BCUT2D eigenvalue weighted by atomic mass is 16.6. The van der Waals surface area contributed by atoms with Crippen LogP contribution < -0.4 is 0 Å². The van der Waals surface area contributed by atoms with Crippen LogP contribution in [-0.4, -0.2) is 24.0 Å². The summed E-state index contributed by atoms with van der Waals surface area (Å²) in [4.78, 5) is 24.1. The zero-order valence-corrected chi connectivity index (χ0v) is 16.5. The Morgan fingerprint density at radius 1 is 1.00 bits per heavy atom. The molecule has 0 spiro atoms. The average molecular weight is 378 g/mol. The molecule has 0 fully saturated rings. The van der Waals surface area contributed by atoms with Gasteiger partial charge in [0, 0.05) is 18.3 Å². The first kappa shape index (κ1) is 19.9. The Morgan fingerprint density at radius 3 is 2.11 bits per heavy atom. The number of carbonyl (C=O) groups excluding carboxylic acids is 2. The minimum absolute atomic E-state index is 0.0833. The Bertz CT molecular complexity index is 834. The van der Waals surface area contributed by atoms with Crippen LogP contribution in [0.15, 0.2) is 72.5 Å². The van der Waals surface area contributed by atoms with Crippen LogP contribution in [-0.2, 0) is 19.1 Å². The molecule has 0 amide bonds. The molecule has 0 saturated heterocycles. The second kappa shape index (κ2) is 8.42. The van der Waals surface area contributed by atoms with Crippen molar-refractivity contribution in [2.45, 2.75) is 50.7 Å². The fourth-order valence-corrected chi connectivity index (χ4v) is 3.58. The summed E-state index contributed by atoms with van der Waals surface area (Å²) in [6.07, 6.45) is 2.43. The van der Waals surface area contributed by atoms with E-state index in [9.17, 15) is 9.59 Å². The van der Waals surface area contributed by atoms with Gasteiger partial charge in [0.1, 0.15) is 18.0 Å². The first-order valence-corrected chi connectivity index (χ1v) is 9.54. The number of ether oxygens (including phenoxy) is 2. The summed E-state index contributed by atoms with van der Waals surface area (Å²) in [5, 5.41) is 0. The maximum Gasteiger partial charge on any atom is 0.373 e. The van der Waals surface area contributed by atoms with Gasteiger partial charge in [-0.3, -0.25) is 0 Å². The Hall–Kier alpha value is -2.88. The smallest absolute Gasteiger partial charge is 0.373 e. The van der Waals surface area contributed by atoms with Gasteiger partial charge >= 0.3 is 5.97 Å². The van der Waals surface area contributed by atoms with Gasteiger partial charge in [0.05, 0.1) is 0 Å². The Labute approximate surface area is 166 Å². The zero-order chi connectivity index (χ0) is 20.1. The first-order valence-electron chi connectivity index (χ1n) is 9.54. The maximum absolute atomic E-state index is 12.7. The van der Waals surface area contributed by atoms with Gasteiger partial charge in [-0.1, -0.05) is 60.7 Å². The van der Waals surface area contributed by atoms with Crippen LogP contribution in [0.3, 0.4) is 0 Å². The summed E-state index contributed by atoms with van der Waals surface area (Å²) in [7, 11) is 0. The molecule has 4 heteroatoms. The van der Waals surface area contributed by atoms with Gasteiger partial charge in [0.15, 0.2) is 0 Å². The second-order valence-electron chi connectivity index (χ2n) is 7.96. The topological polar surface area (TPSA) is 52.6 Å². The molecule has 0 bridgehead atoms. The van der Waals surface area contributed by atoms with Crippen molar-refractivity contribution in [2.24, 2.45) is 0 Å². The van der Waals surface area contributed by atoms with Gasteiger partial charge in [-0.15, -0.1) is 0 Å². The van der Waals surface area contributed by atoms with Crippen molar-refractivity contribution in [3.63, 3.8) is 0 Å². The van der Waals surface area contributed by atoms with Gasteiger partial charge in [-0.25, -0.2) is 4.79 Å². The van der Waals surface area contributed by atoms with Crippen molar-refractivity contribution >= 4 is 12.3 Å². The van der Waals surface area contributed by atoms with Crippen molar-refractivity contribution in [2.75, 3.05) is 0 Å². The minimum atomic E-state index is -0.625. The van der Waals surface area contributed by atoms with E-state index in [0.29, 0.717) is 0 Å². The zero-order valence-electron chi connectivity index (χ0n) is 16.5. The number of hydrogen-bond acceptors (Lipinski definition) is 4. The molecule has 0 aliphatic carbocycles. The molecule has 3 rings (SSSR count). The van der Waals surface area contributed by atoms with E-state index < -0.39 is 17.7 Å². The summed E-state index contributed by atoms with van der Waals surface area (Å²) in [5.74, 6) is -0.525. The van der Waals surface area contributed by atoms with Crippen LogP contribution in [0.5, 0.6) is 0 Å². The molecule has 0 unspecified atom stereocenters. The number of carbonyl (C=O) groups is 2. The van der Waals surface area contributed by atoms with Gasteiger partial charge in [-0.2, -0.15) is 0 Å². The second-order valence-corrected chi connectivity index (χ2v) is 7.96. The Balaban J connectivity index is 2.07. The van der Waals surface area contributed by atoms with E-state index in [-0.39, 0.29) is 24.0 Å². The summed E-state index contributed by atoms with van der Waals surface area (Å²) in [6.45, 7) is 5.45. The normalized spacial score (nSPS) is 22.0. The lowest BCUT2D eigenvalue weighted by atomic mass is 9.75. The van der Waals surface area contributed by atoms with Crippen molar-refractivity contribution in [1.82, 2.24) is 0 Å². The fourth-order valence-electron chi connectivity index (χ4n) is 3.58. The van der Waals surface area contributed by atoms with Crippen LogP contribution in [0.4, 0.5) is 0 Å². The van der Waals surface area contributed by atoms with Crippen molar-refractivity contribution in [3.8, 4) is 0 Å². The standard InChI is InChI=1S/C24H26O4/c1-24(2,3)28-23(26)21-16-19(17-10-6-4-7-11-17)22(20(27-21)14-15-25)18-12-8-5-9-13-18/h4-13,15-16,19-20,22H,14H2,1-3H3/t19-,20+,22-/m0/s1. The largest absolute Gasteiger partial charge is 0.482 e. The number of allylic oxidation sites excluding steroid dienone is 1. The molecule has 2 aromatic rings. The van der Waals surface area contributed by atoms with Crippen molar-refractivity contribution in [3.05, 3.63) is 83.6 Å². The Kier molecular flexibility index (Phi) is 5.98. The quantitative estimate of drug-likeness (QED) is 0.556. The monoisotopic (exact) mass is 378 g/mol. The third kappa shape index (κ3) is 4.69. The molecule has 0 N–H and O–H groups in total. The highest BCUT2D eigenvalue weighted by molar-refractivity contribution is 5.87. The molecule has 146 valence electrons. The van der Waals surface area contributed by atoms with E-state index in [4.69, 9.17) is 9.47 Å². The molecule has 1 aliphatic heterocycles. The highest BCUT2D eigenvalue weighted by Gasteiger charge is 2.39. The SMILES string of the molecule is CC(C)(C)OC(=O)C1=C[C@@H](c2ccccc2)[C@H](c2ccccc2)[C@@H](CC=O)O1. The van der Waals surface area contributed by atoms with Gasteiger partial charge in [0.25, 0.3) is 0 Å². The molecule has 0 radical (unpaired) electrons. The minimum Gasteiger partial charge on any atom is -0.482 e. The third-order valence-electron chi connectivity index (χ3n) is 4.69. The summed E-state index contributed by atoms with van der Waals surface area (Å²) in [6, 6.07) is 20.0. The van der Waals surface area contributed by atoms with Gasteiger partial charge in [-0.05, 0) is 38.0 Å². The van der Waals surface area contributed by atoms with E-state index >= 15 is 0 Å². The Morgan fingerprint density at radius 2 is 1.57 bits per heavy atom. The van der Waals surface area contributed by atoms with E-state index in [1.165, 1.54) is 0 Å². The molecule has 3 atom stereocenters. The number of hydrogen-bond donors (Lipinski definition) is 0. The van der Waals surface area contributed by atoms with Crippen molar-refractivity contribution < 1.29 is 19.1 Å². The summed E-state index contributed by atoms with van der Waals surface area (Å²) < 4.78 is 11.5. The lowest BCUT2D eigenvalue weighted by molar-refractivity contribution is -0.156. The predicted molar refractivity (Wildman–Crippen MR) is 108 cm³/mol. The number of aldehydes is 1. The third-order valence-corrected chi connectivity index (χ3v) is 4.69. The number of esters is 1. The summed E-state index contributed by atoms with van der Waals surface area (Å²) >= 11 is 0. The van der Waals surface area contributed by atoms with Crippen LogP contribution in [0.25, 0.3) is 0 Å². The summed E-state index contributed by atoms with van der Waals surface area (Å²) in [5.41, 5.74) is 1.51. The molecule has 0 aromatic heterocycles. The average Bonchev–Trinajstić information content (AvgIpc) is 2.68. The van der Waals surface area contributed by atoms with E-state index in [2.05, 4.69) is 0 Å². The lowest BCUT2D eigenvalue weighted by Gasteiger charge is -2.37. The van der Waals surface area contributed by atoms with Crippen LogP contribution in [0.1, 0.15) is 50.2 Å². The molecule has 1 aliphatic rings. The highest BCUT2D eigenvalue weighted by Crippen LogP contribution is 2.43. The molecule has 1 heterocycles.